The number of esters is 1. The molecule has 4 heteroatoms. The number of likely N-dealkylation sites (N-methyl/N-ethyl adjacent to an activating group) is 1. The van der Waals surface area contributed by atoms with Gasteiger partial charge in [0.1, 0.15) is 13.2 Å². The van der Waals surface area contributed by atoms with Crippen LogP contribution in [0.4, 0.5) is 0 Å². The van der Waals surface area contributed by atoms with Crippen LogP contribution >= 0.6 is 0 Å². The lowest BCUT2D eigenvalue weighted by Crippen LogP contribution is -3.00. The molecule has 0 N–H and O–H groups in total. The molecule has 0 unspecified atom stereocenters. The number of ether oxygens (including phenoxy) is 1. The number of quaternary nitrogens is 1. The van der Waals surface area contributed by atoms with Gasteiger partial charge in [0.2, 0.25) is 0 Å². The predicted molar refractivity (Wildman–Crippen MR) is 109 cm³/mol. The van der Waals surface area contributed by atoms with E-state index in [1.165, 1.54) is 70.8 Å². The molecule has 3 nitrogen and oxygen atoms in total. The molecule has 0 amide bonds. The minimum absolute atomic E-state index is 0. The molecule has 26 heavy (non-hydrogen) atoms. The van der Waals surface area contributed by atoms with E-state index in [9.17, 15) is 4.79 Å². The molecule has 0 aromatic carbocycles. The van der Waals surface area contributed by atoms with Gasteiger partial charge in [-0.25, -0.2) is 4.79 Å². The molecule has 0 aliphatic heterocycles. The van der Waals surface area contributed by atoms with Crippen LogP contribution in [0.5, 0.6) is 0 Å². The van der Waals surface area contributed by atoms with Crippen molar-refractivity contribution in [2.45, 2.75) is 91.9 Å². The third-order valence-electron chi connectivity index (χ3n) is 5.47. The number of nitrogens with zero attached hydrogens (tertiary/aromatic N) is 1. The number of hydrogen-bond donors (Lipinski definition) is 0. The van der Waals surface area contributed by atoms with Crippen LogP contribution in [-0.2, 0) is 9.53 Å². The molecule has 0 aromatic rings. The molecule has 0 aromatic heterocycles. The van der Waals surface area contributed by atoms with Crippen molar-refractivity contribution >= 4 is 5.97 Å². The number of carbonyl (C=O) groups excluding carboxylic acids is 1. The van der Waals surface area contributed by atoms with Crippen LogP contribution in [-0.4, -0.2) is 43.2 Å². The van der Waals surface area contributed by atoms with E-state index in [1.54, 1.807) is 6.92 Å². The maximum atomic E-state index is 11.5. The molecule has 0 bridgehead atoms. The number of hydrogen-bond acceptors (Lipinski definition) is 2. The fourth-order valence-electron chi connectivity index (χ4n) is 3.36. The Morgan fingerprint density at radius 1 is 0.808 bits per heavy atom. The molecular formula is C22H44BrNO2. The summed E-state index contributed by atoms with van der Waals surface area (Å²) in [6, 6.07) is 0. The first-order chi connectivity index (χ1) is 12.0. The highest BCUT2D eigenvalue weighted by Crippen LogP contribution is 2.14. The molecule has 0 saturated heterocycles. The number of halogens is 1. The van der Waals surface area contributed by atoms with Gasteiger partial charge in [-0.3, -0.25) is 0 Å². The van der Waals surface area contributed by atoms with E-state index in [0.717, 1.165) is 24.1 Å². The molecule has 0 saturated carbocycles. The van der Waals surface area contributed by atoms with Gasteiger partial charge in [0.25, 0.3) is 0 Å². The fourth-order valence-corrected chi connectivity index (χ4v) is 3.36. The molecule has 0 rings (SSSR count). The molecular weight excluding hydrogens is 390 g/mol. The summed E-state index contributed by atoms with van der Waals surface area (Å²) in [4.78, 5) is 11.5. The maximum Gasteiger partial charge on any atom is 0.333 e. The van der Waals surface area contributed by atoms with Crippen LogP contribution in [0.2, 0.25) is 0 Å². The first-order valence-corrected chi connectivity index (χ1v) is 10.7. The molecule has 0 heterocycles. The zero-order chi connectivity index (χ0) is 19.0. The van der Waals surface area contributed by atoms with Gasteiger partial charge < -0.3 is 26.2 Å². The normalized spacial score (nSPS) is 11.1. The third kappa shape index (κ3) is 13.8. The van der Waals surface area contributed by atoms with Crippen molar-refractivity contribution in [2.24, 2.45) is 0 Å². The molecule has 0 radical (unpaired) electrons. The van der Waals surface area contributed by atoms with E-state index < -0.39 is 0 Å². The standard InChI is InChI=1S/C22H44NO2.BrH/c1-6-9-10-11-12-13-14-15-16-17-18-23(7-2,8-3)19-20-25-22(24)21(4)5;/h4,6-20H2,1-3,5H3;1H/q+1;/p-1. The van der Waals surface area contributed by atoms with Gasteiger partial charge in [-0.05, 0) is 33.6 Å². The highest BCUT2D eigenvalue weighted by molar-refractivity contribution is 5.86. The molecule has 0 spiro atoms. The van der Waals surface area contributed by atoms with Crippen LogP contribution in [0, 0.1) is 0 Å². The molecule has 156 valence electrons. The summed E-state index contributed by atoms with van der Waals surface area (Å²) in [6.45, 7) is 17.0. The van der Waals surface area contributed by atoms with Gasteiger partial charge in [0.15, 0.2) is 0 Å². The van der Waals surface area contributed by atoms with Crippen LogP contribution in [0.3, 0.4) is 0 Å². The molecule has 0 fully saturated rings. The average molecular weight is 435 g/mol. The van der Waals surface area contributed by atoms with Crippen molar-refractivity contribution in [3.05, 3.63) is 12.2 Å². The van der Waals surface area contributed by atoms with Crippen LogP contribution in [0.1, 0.15) is 91.9 Å². The topological polar surface area (TPSA) is 26.3 Å². The van der Waals surface area contributed by atoms with Crippen LogP contribution in [0.15, 0.2) is 12.2 Å². The molecule has 0 aliphatic carbocycles. The second kappa shape index (κ2) is 18.0. The first-order valence-electron chi connectivity index (χ1n) is 10.7. The van der Waals surface area contributed by atoms with Gasteiger partial charge in [-0.15, -0.1) is 0 Å². The van der Waals surface area contributed by atoms with Crippen molar-refractivity contribution in [3.63, 3.8) is 0 Å². The Balaban J connectivity index is 0. The Kier molecular flexibility index (Phi) is 19.3. The van der Waals surface area contributed by atoms with E-state index in [-0.39, 0.29) is 23.0 Å². The summed E-state index contributed by atoms with van der Waals surface area (Å²) in [5.41, 5.74) is 0.487. The minimum atomic E-state index is -0.260. The second-order valence-electron chi connectivity index (χ2n) is 7.52. The Labute approximate surface area is 173 Å². The third-order valence-corrected chi connectivity index (χ3v) is 5.47. The lowest BCUT2D eigenvalue weighted by molar-refractivity contribution is -0.925. The summed E-state index contributed by atoms with van der Waals surface area (Å²) >= 11 is 0. The Morgan fingerprint density at radius 2 is 1.27 bits per heavy atom. The Morgan fingerprint density at radius 3 is 1.69 bits per heavy atom. The fraction of sp³-hybridized carbons (Fsp3) is 0.864. The minimum Gasteiger partial charge on any atom is -1.00 e. The zero-order valence-corrected chi connectivity index (χ0v) is 19.5. The SMILES string of the molecule is C=C(C)C(=O)OCC[N+](CC)(CC)CCCCCCCCCCCC.[Br-]. The van der Waals surface area contributed by atoms with Crippen LogP contribution < -0.4 is 17.0 Å². The van der Waals surface area contributed by atoms with Crippen molar-refractivity contribution in [2.75, 3.05) is 32.8 Å². The summed E-state index contributed by atoms with van der Waals surface area (Å²) in [7, 11) is 0. The monoisotopic (exact) mass is 433 g/mol. The van der Waals surface area contributed by atoms with E-state index in [1.807, 2.05) is 0 Å². The lowest BCUT2D eigenvalue weighted by atomic mass is 10.1. The summed E-state index contributed by atoms with van der Waals surface area (Å²) in [6.07, 6.45) is 13.8. The summed E-state index contributed by atoms with van der Waals surface area (Å²) in [5, 5.41) is 0. The molecule has 0 atom stereocenters. The predicted octanol–water partition coefficient (Wildman–Crippen LogP) is 2.89. The average Bonchev–Trinajstić information content (AvgIpc) is 2.61. The van der Waals surface area contributed by atoms with E-state index in [2.05, 4.69) is 27.4 Å². The van der Waals surface area contributed by atoms with E-state index in [0.29, 0.717) is 12.2 Å². The second-order valence-corrected chi connectivity index (χ2v) is 7.52. The van der Waals surface area contributed by atoms with Crippen LogP contribution in [0.25, 0.3) is 0 Å². The summed E-state index contributed by atoms with van der Waals surface area (Å²) < 4.78 is 6.36. The van der Waals surface area contributed by atoms with Crippen molar-refractivity contribution in [1.29, 1.82) is 0 Å². The van der Waals surface area contributed by atoms with Gasteiger partial charge in [0.05, 0.1) is 19.6 Å². The quantitative estimate of drug-likeness (QED) is 0.152. The lowest BCUT2D eigenvalue weighted by Gasteiger charge is -2.36. The van der Waals surface area contributed by atoms with Gasteiger partial charge >= 0.3 is 5.97 Å². The highest BCUT2D eigenvalue weighted by Gasteiger charge is 2.23. The first kappa shape index (κ1) is 27.9. The van der Waals surface area contributed by atoms with Crippen molar-refractivity contribution in [1.82, 2.24) is 0 Å². The number of unbranched alkanes of at least 4 members (excludes halogenated alkanes) is 9. The number of carbonyl (C=O) groups is 1. The zero-order valence-electron chi connectivity index (χ0n) is 18.0. The van der Waals surface area contributed by atoms with Gasteiger partial charge in [-0.1, -0.05) is 64.9 Å². The largest absolute Gasteiger partial charge is 1.00 e. The van der Waals surface area contributed by atoms with Gasteiger partial charge in [0, 0.05) is 5.57 Å². The number of rotatable bonds is 17. The highest BCUT2D eigenvalue weighted by atomic mass is 79.9. The Hall–Kier alpha value is -0.350. The molecule has 0 aliphatic rings. The Bertz CT molecular complexity index is 354. The van der Waals surface area contributed by atoms with Crippen molar-refractivity contribution < 1.29 is 31.0 Å². The smallest absolute Gasteiger partial charge is 0.333 e. The maximum absolute atomic E-state index is 11.5. The van der Waals surface area contributed by atoms with E-state index >= 15 is 0 Å². The van der Waals surface area contributed by atoms with Gasteiger partial charge in [-0.2, -0.15) is 0 Å². The van der Waals surface area contributed by atoms with E-state index in [4.69, 9.17) is 4.74 Å². The van der Waals surface area contributed by atoms with Crippen molar-refractivity contribution in [3.8, 4) is 0 Å². The summed E-state index contributed by atoms with van der Waals surface area (Å²) in [5.74, 6) is -0.260.